The van der Waals surface area contributed by atoms with E-state index in [4.69, 9.17) is 4.42 Å². The molecule has 0 aliphatic carbocycles. The van der Waals surface area contributed by atoms with Crippen molar-refractivity contribution in [2.24, 2.45) is 0 Å². The Labute approximate surface area is 157 Å². The Hall–Kier alpha value is -3.11. The molecule has 0 spiro atoms. The van der Waals surface area contributed by atoms with Crippen molar-refractivity contribution >= 4 is 11.1 Å². The molecule has 0 N–H and O–H groups in total. The molecule has 2 heterocycles. The quantitative estimate of drug-likeness (QED) is 0.550. The molecule has 1 aromatic heterocycles. The van der Waals surface area contributed by atoms with E-state index in [2.05, 4.69) is 53.4 Å². The minimum atomic E-state index is -0.285. The topological polar surface area (TPSA) is 38.4 Å². The summed E-state index contributed by atoms with van der Waals surface area (Å²) in [5.41, 5.74) is 6.77. The maximum atomic E-state index is 12.3. The smallest absolute Gasteiger partial charge is 0.408 e. The molecule has 0 amide bonds. The Bertz CT molecular complexity index is 1120. The zero-order valence-corrected chi connectivity index (χ0v) is 15.0. The summed E-state index contributed by atoms with van der Waals surface area (Å²) in [6.07, 6.45) is 0. The summed E-state index contributed by atoms with van der Waals surface area (Å²) in [6.45, 7) is 3.14. The van der Waals surface area contributed by atoms with E-state index >= 15 is 0 Å². The van der Waals surface area contributed by atoms with E-state index < -0.39 is 0 Å². The van der Waals surface area contributed by atoms with Gasteiger partial charge < -0.3 is 4.42 Å². The number of aromatic nitrogens is 1. The highest BCUT2D eigenvalue weighted by molar-refractivity contribution is 5.73. The van der Waals surface area contributed by atoms with Crippen LogP contribution in [0.4, 0.5) is 0 Å². The standard InChI is InChI=1S/C23H20N2O2/c26-23-25(21-11-5-6-12-22(21)27-23)14-13-24-15-17-7-1-3-9-19(17)20-10-4-2-8-18(20)16-24/h1-12H,13-16H2. The lowest BCUT2D eigenvalue weighted by molar-refractivity contribution is 0.247. The normalized spacial score (nSPS) is 13.9. The molecule has 4 heteroatoms. The molecule has 1 aliphatic rings. The summed E-state index contributed by atoms with van der Waals surface area (Å²) in [5, 5.41) is 0. The Kier molecular flexibility index (Phi) is 3.91. The zero-order valence-electron chi connectivity index (χ0n) is 15.0. The molecule has 4 nitrogen and oxygen atoms in total. The van der Waals surface area contributed by atoms with E-state index in [0.717, 1.165) is 25.2 Å². The molecule has 0 saturated heterocycles. The van der Waals surface area contributed by atoms with Gasteiger partial charge in [-0.25, -0.2) is 4.79 Å². The zero-order chi connectivity index (χ0) is 18.2. The first-order chi connectivity index (χ1) is 13.3. The van der Waals surface area contributed by atoms with Gasteiger partial charge in [-0.1, -0.05) is 60.7 Å². The second-order valence-electron chi connectivity index (χ2n) is 7.01. The van der Waals surface area contributed by atoms with Gasteiger partial charge in [0.25, 0.3) is 0 Å². The fraction of sp³-hybridized carbons (Fsp3) is 0.174. The van der Waals surface area contributed by atoms with E-state index in [1.54, 1.807) is 4.57 Å². The van der Waals surface area contributed by atoms with Gasteiger partial charge >= 0.3 is 5.76 Å². The molecule has 0 radical (unpaired) electrons. The van der Waals surface area contributed by atoms with Crippen LogP contribution >= 0.6 is 0 Å². The summed E-state index contributed by atoms with van der Waals surface area (Å²) in [4.78, 5) is 14.7. The van der Waals surface area contributed by atoms with Crippen LogP contribution in [-0.2, 0) is 19.6 Å². The number of nitrogens with zero attached hydrogens (tertiary/aromatic N) is 2. The number of hydrogen-bond donors (Lipinski definition) is 0. The third-order valence-corrected chi connectivity index (χ3v) is 5.33. The summed E-state index contributed by atoms with van der Waals surface area (Å²) < 4.78 is 7.10. The number of fused-ring (bicyclic) bond motifs is 4. The molecule has 0 unspecified atom stereocenters. The van der Waals surface area contributed by atoms with Crippen molar-refractivity contribution in [3.05, 3.63) is 94.5 Å². The highest BCUT2D eigenvalue weighted by atomic mass is 16.4. The average molecular weight is 356 g/mol. The molecule has 0 atom stereocenters. The largest absolute Gasteiger partial charge is 0.419 e. The van der Waals surface area contributed by atoms with Crippen LogP contribution in [0.15, 0.2) is 82.0 Å². The third-order valence-electron chi connectivity index (χ3n) is 5.33. The Morgan fingerprint density at radius 1 is 0.741 bits per heavy atom. The predicted molar refractivity (Wildman–Crippen MR) is 106 cm³/mol. The first-order valence-electron chi connectivity index (χ1n) is 9.26. The van der Waals surface area contributed by atoms with Crippen molar-refractivity contribution in [3.8, 4) is 11.1 Å². The summed E-state index contributed by atoms with van der Waals surface area (Å²) in [6, 6.07) is 24.8. The van der Waals surface area contributed by atoms with E-state index in [-0.39, 0.29) is 5.76 Å². The molecule has 3 aromatic carbocycles. The highest BCUT2D eigenvalue weighted by Gasteiger charge is 2.19. The lowest BCUT2D eigenvalue weighted by atomic mass is 9.97. The van der Waals surface area contributed by atoms with Crippen LogP contribution in [-0.4, -0.2) is 16.0 Å². The number of hydrogen-bond acceptors (Lipinski definition) is 3. The third kappa shape index (κ3) is 2.88. The first-order valence-corrected chi connectivity index (χ1v) is 9.26. The van der Waals surface area contributed by atoms with E-state index in [9.17, 15) is 4.79 Å². The predicted octanol–water partition coefficient (Wildman–Crippen LogP) is 4.28. The van der Waals surface area contributed by atoms with Crippen molar-refractivity contribution in [2.45, 2.75) is 19.6 Å². The van der Waals surface area contributed by atoms with Gasteiger partial charge in [0, 0.05) is 26.2 Å². The van der Waals surface area contributed by atoms with Crippen LogP contribution in [0.5, 0.6) is 0 Å². The maximum Gasteiger partial charge on any atom is 0.419 e. The van der Waals surface area contributed by atoms with Gasteiger partial charge in [-0.2, -0.15) is 0 Å². The number of oxazole rings is 1. The van der Waals surface area contributed by atoms with Crippen molar-refractivity contribution in [1.29, 1.82) is 0 Å². The highest BCUT2D eigenvalue weighted by Crippen LogP contribution is 2.32. The van der Waals surface area contributed by atoms with Gasteiger partial charge in [0.1, 0.15) is 0 Å². The Balaban J connectivity index is 1.47. The lowest BCUT2D eigenvalue weighted by Gasteiger charge is -2.21. The molecule has 27 heavy (non-hydrogen) atoms. The van der Waals surface area contributed by atoms with Crippen LogP contribution in [0.1, 0.15) is 11.1 Å². The second-order valence-corrected chi connectivity index (χ2v) is 7.01. The molecule has 0 saturated carbocycles. The molecular formula is C23H20N2O2. The van der Waals surface area contributed by atoms with Gasteiger partial charge in [0.15, 0.2) is 5.58 Å². The molecule has 4 aromatic rings. The molecule has 134 valence electrons. The summed E-state index contributed by atoms with van der Waals surface area (Å²) in [5.74, 6) is -0.285. The lowest BCUT2D eigenvalue weighted by Crippen LogP contribution is -2.28. The molecule has 0 bridgehead atoms. The van der Waals surface area contributed by atoms with Gasteiger partial charge in [-0.3, -0.25) is 9.47 Å². The van der Waals surface area contributed by atoms with Crippen LogP contribution in [0.2, 0.25) is 0 Å². The monoisotopic (exact) mass is 356 g/mol. The Morgan fingerprint density at radius 3 is 2.04 bits per heavy atom. The number of para-hydroxylation sites is 2. The van der Waals surface area contributed by atoms with Crippen molar-refractivity contribution < 1.29 is 4.42 Å². The van der Waals surface area contributed by atoms with Gasteiger partial charge in [-0.05, 0) is 34.4 Å². The van der Waals surface area contributed by atoms with Gasteiger partial charge in [0.2, 0.25) is 0 Å². The number of benzene rings is 3. The van der Waals surface area contributed by atoms with Crippen molar-refractivity contribution in [1.82, 2.24) is 9.47 Å². The Morgan fingerprint density at radius 2 is 1.33 bits per heavy atom. The number of rotatable bonds is 3. The SMILES string of the molecule is O=c1oc2ccccc2n1CCN1Cc2ccccc2-c2ccccc2C1. The maximum absolute atomic E-state index is 12.3. The van der Waals surface area contributed by atoms with E-state index in [0.29, 0.717) is 12.1 Å². The van der Waals surface area contributed by atoms with E-state index in [1.807, 2.05) is 24.3 Å². The molecule has 5 rings (SSSR count). The van der Waals surface area contributed by atoms with Crippen LogP contribution < -0.4 is 5.76 Å². The van der Waals surface area contributed by atoms with Crippen LogP contribution in [0, 0.1) is 0 Å². The average Bonchev–Trinajstić information content (AvgIpc) is 2.92. The fourth-order valence-electron chi connectivity index (χ4n) is 4.00. The van der Waals surface area contributed by atoms with Crippen molar-refractivity contribution in [3.63, 3.8) is 0 Å². The molecule has 1 aliphatic heterocycles. The first kappa shape index (κ1) is 16.1. The second kappa shape index (κ2) is 6.56. The van der Waals surface area contributed by atoms with Gasteiger partial charge in [-0.15, -0.1) is 0 Å². The minimum Gasteiger partial charge on any atom is -0.408 e. The summed E-state index contributed by atoms with van der Waals surface area (Å²) in [7, 11) is 0. The van der Waals surface area contributed by atoms with Crippen molar-refractivity contribution in [2.75, 3.05) is 6.54 Å². The van der Waals surface area contributed by atoms with Gasteiger partial charge in [0.05, 0.1) is 5.52 Å². The van der Waals surface area contributed by atoms with E-state index in [1.165, 1.54) is 22.3 Å². The molecular weight excluding hydrogens is 336 g/mol. The van der Waals surface area contributed by atoms with Crippen LogP contribution in [0.25, 0.3) is 22.2 Å². The summed E-state index contributed by atoms with van der Waals surface area (Å²) >= 11 is 0. The fourth-order valence-corrected chi connectivity index (χ4v) is 4.00. The molecule has 0 fully saturated rings. The van der Waals surface area contributed by atoms with Crippen LogP contribution in [0.3, 0.4) is 0 Å². The minimum absolute atomic E-state index is 0.285.